The minimum absolute atomic E-state index is 0.175. The Hall–Kier alpha value is -4.05. The summed E-state index contributed by atoms with van der Waals surface area (Å²) >= 11 is 0. The number of carboxylic acids is 1. The van der Waals surface area contributed by atoms with Crippen LogP contribution in [0.1, 0.15) is 258 Å². The van der Waals surface area contributed by atoms with Gasteiger partial charge in [0.25, 0.3) is 6.29 Å². The molecule has 452 valence electrons. The quantitative estimate of drug-likeness (QED) is 0.0211. The van der Waals surface area contributed by atoms with Gasteiger partial charge in [-0.2, -0.15) is 0 Å². The second-order valence-corrected chi connectivity index (χ2v) is 22.3. The second-order valence-electron chi connectivity index (χ2n) is 22.3. The van der Waals surface area contributed by atoms with Crippen molar-refractivity contribution < 1.29 is 42.9 Å². The van der Waals surface area contributed by atoms with Crippen molar-refractivity contribution in [3.8, 4) is 0 Å². The van der Waals surface area contributed by atoms with Crippen LogP contribution in [0.5, 0.6) is 0 Å². The van der Waals surface area contributed by atoms with E-state index in [1.54, 1.807) is 0 Å². The van der Waals surface area contributed by atoms with Crippen LogP contribution in [-0.2, 0) is 33.3 Å². The van der Waals surface area contributed by atoms with Gasteiger partial charge in [0, 0.05) is 12.8 Å². The molecule has 0 aliphatic carbocycles. The van der Waals surface area contributed by atoms with Crippen molar-refractivity contribution in [1.82, 2.24) is 0 Å². The smallest absolute Gasteiger partial charge is 0.361 e. The van der Waals surface area contributed by atoms with Crippen molar-refractivity contribution in [3.63, 3.8) is 0 Å². The molecule has 0 aromatic carbocycles. The molecular formula is C70H120NO8+. The van der Waals surface area contributed by atoms with E-state index in [1.165, 1.54) is 148 Å². The number of ether oxygens (including phenoxy) is 4. The van der Waals surface area contributed by atoms with Gasteiger partial charge in [-0.3, -0.25) is 9.59 Å². The Bertz CT molecular complexity index is 1660. The lowest BCUT2D eigenvalue weighted by molar-refractivity contribution is -0.870. The summed E-state index contributed by atoms with van der Waals surface area (Å²) < 4.78 is 22.8. The molecule has 0 fully saturated rings. The highest BCUT2D eigenvalue weighted by molar-refractivity contribution is 5.71. The van der Waals surface area contributed by atoms with E-state index < -0.39 is 30.3 Å². The first-order valence-electron chi connectivity index (χ1n) is 32.1. The maximum atomic E-state index is 12.9. The molecule has 0 saturated heterocycles. The summed E-state index contributed by atoms with van der Waals surface area (Å²) in [6, 6.07) is 0. The standard InChI is InChI=1S/C70H119NO8/c1-6-8-10-12-14-16-18-20-21-22-23-24-25-26-27-28-29-30-31-32-33-34-35-36-37-38-39-40-41-42-43-44-45-46-47-49-51-53-55-57-59-61-68(73)79-66(65-78-70(69(74)75)76-63-62-71(3,4)5)64-77-67(72)60-58-56-54-52-50-48-19-17-15-13-11-9-7-2/h8-11,14-17,20-21,23-24,26-27,48,50,54,56,66,70H,6-7,12-13,18-19,22,25,28-47,49,51-53,55,57-65H2,1-5H3/p+1/b10-8-,11-9-,16-14-,17-15-,21-20-,24-23-,27-26-,50-48-,56-54-. The Labute approximate surface area is 485 Å². The Morgan fingerprint density at radius 2 is 0.709 bits per heavy atom. The van der Waals surface area contributed by atoms with Gasteiger partial charge >= 0.3 is 17.9 Å². The molecule has 79 heavy (non-hydrogen) atoms. The maximum Gasteiger partial charge on any atom is 0.361 e. The zero-order chi connectivity index (χ0) is 57.6. The first-order chi connectivity index (χ1) is 38.6. The van der Waals surface area contributed by atoms with Crippen molar-refractivity contribution in [2.45, 2.75) is 270 Å². The van der Waals surface area contributed by atoms with Gasteiger partial charge in [0.2, 0.25) is 0 Å². The number of aliphatic carboxylic acids is 1. The number of carbonyl (C=O) groups excluding carboxylic acids is 2. The molecule has 0 aliphatic rings. The molecule has 2 atom stereocenters. The first kappa shape index (κ1) is 75.0. The van der Waals surface area contributed by atoms with Gasteiger partial charge in [-0.15, -0.1) is 0 Å². The summed E-state index contributed by atoms with van der Waals surface area (Å²) in [7, 11) is 5.95. The zero-order valence-corrected chi connectivity index (χ0v) is 51.5. The van der Waals surface area contributed by atoms with Crippen molar-refractivity contribution >= 4 is 17.9 Å². The maximum absolute atomic E-state index is 12.9. The monoisotopic (exact) mass is 1100 g/mol. The van der Waals surface area contributed by atoms with Crippen LogP contribution < -0.4 is 0 Å². The normalized spacial score (nSPS) is 13.5. The van der Waals surface area contributed by atoms with Gasteiger partial charge in [0.1, 0.15) is 13.2 Å². The van der Waals surface area contributed by atoms with Gasteiger partial charge in [-0.05, 0) is 83.5 Å². The molecule has 0 bridgehead atoms. The summed E-state index contributed by atoms with van der Waals surface area (Å²) in [6.45, 7) is 4.56. The second kappa shape index (κ2) is 60.1. The SMILES string of the molecule is CC/C=C\C/C=C\C/C=C\C/C=C\C/C=C\CCCCCCCCCCCCCCCCCCCCCCCCCCCC(=O)OC(COC(=O)CC/C=C\C/C=C\C/C=C\C/C=C\CC)COC(OCC[N+](C)(C)C)C(=O)O. The van der Waals surface area contributed by atoms with Crippen LogP contribution in [0.15, 0.2) is 109 Å². The van der Waals surface area contributed by atoms with Gasteiger partial charge in [0.05, 0.1) is 34.4 Å². The zero-order valence-electron chi connectivity index (χ0n) is 51.5. The number of nitrogens with zero attached hydrogens (tertiary/aromatic N) is 1. The number of unbranched alkanes of at least 4 members (excludes halogenated alkanes) is 25. The van der Waals surface area contributed by atoms with Crippen LogP contribution in [-0.4, -0.2) is 87.4 Å². The lowest BCUT2D eigenvalue weighted by Crippen LogP contribution is -2.40. The molecular weight excluding hydrogens is 983 g/mol. The van der Waals surface area contributed by atoms with Crippen molar-refractivity contribution in [3.05, 3.63) is 109 Å². The van der Waals surface area contributed by atoms with Crippen molar-refractivity contribution in [2.24, 2.45) is 0 Å². The van der Waals surface area contributed by atoms with Crippen LogP contribution in [0.25, 0.3) is 0 Å². The number of rotatable bonds is 58. The highest BCUT2D eigenvalue weighted by Crippen LogP contribution is 2.17. The minimum atomic E-state index is -1.53. The van der Waals surface area contributed by atoms with E-state index in [0.29, 0.717) is 23.9 Å². The summed E-state index contributed by atoms with van der Waals surface area (Å²) in [5.41, 5.74) is 0. The topological polar surface area (TPSA) is 108 Å². The van der Waals surface area contributed by atoms with Gasteiger partial charge < -0.3 is 28.5 Å². The Morgan fingerprint density at radius 1 is 0.380 bits per heavy atom. The molecule has 0 heterocycles. The third-order valence-corrected chi connectivity index (χ3v) is 13.5. The first-order valence-corrected chi connectivity index (χ1v) is 32.1. The molecule has 9 heteroatoms. The Balaban J connectivity index is 3.96. The van der Waals surface area contributed by atoms with E-state index in [1.807, 2.05) is 33.3 Å². The van der Waals surface area contributed by atoms with Crippen molar-refractivity contribution in [1.29, 1.82) is 0 Å². The molecule has 0 spiro atoms. The summed E-state index contributed by atoms with van der Waals surface area (Å²) in [5, 5.41) is 9.69. The minimum Gasteiger partial charge on any atom is -0.477 e. The molecule has 1 N–H and O–H groups in total. The van der Waals surface area contributed by atoms with E-state index in [9.17, 15) is 19.5 Å². The van der Waals surface area contributed by atoms with E-state index in [-0.39, 0.29) is 32.7 Å². The van der Waals surface area contributed by atoms with E-state index >= 15 is 0 Å². The molecule has 0 aromatic rings. The molecule has 9 nitrogen and oxygen atoms in total. The van der Waals surface area contributed by atoms with E-state index in [0.717, 1.165) is 70.6 Å². The third kappa shape index (κ3) is 61.4. The number of likely N-dealkylation sites (N-methyl/N-ethyl adjacent to an activating group) is 1. The molecule has 2 unspecified atom stereocenters. The van der Waals surface area contributed by atoms with Gasteiger partial charge in [-0.1, -0.05) is 271 Å². The summed E-state index contributed by atoms with van der Waals surface area (Å²) in [6.07, 6.45) is 81.0. The average molecular weight is 1100 g/mol. The van der Waals surface area contributed by atoms with E-state index in [2.05, 4.69) is 111 Å². The van der Waals surface area contributed by atoms with Crippen LogP contribution in [0.3, 0.4) is 0 Å². The number of esters is 2. The number of carboxylic acid groups (broad SMARTS) is 1. The fourth-order valence-corrected chi connectivity index (χ4v) is 8.70. The van der Waals surface area contributed by atoms with Gasteiger partial charge in [0.15, 0.2) is 6.10 Å². The molecule has 0 amide bonds. The largest absolute Gasteiger partial charge is 0.477 e. The molecule has 0 saturated carbocycles. The third-order valence-electron chi connectivity index (χ3n) is 13.5. The predicted molar refractivity (Wildman–Crippen MR) is 336 cm³/mol. The van der Waals surface area contributed by atoms with Crippen LogP contribution in [0, 0.1) is 0 Å². The number of hydrogen-bond acceptors (Lipinski definition) is 7. The highest BCUT2D eigenvalue weighted by Gasteiger charge is 2.25. The Kier molecular flexibility index (Phi) is 57.0. The fourth-order valence-electron chi connectivity index (χ4n) is 8.70. The predicted octanol–water partition coefficient (Wildman–Crippen LogP) is 19.5. The van der Waals surface area contributed by atoms with Crippen molar-refractivity contribution in [2.75, 3.05) is 47.5 Å². The lowest BCUT2D eigenvalue weighted by Gasteiger charge is -2.25. The van der Waals surface area contributed by atoms with E-state index in [4.69, 9.17) is 18.9 Å². The molecule has 0 aromatic heterocycles. The van der Waals surface area contributed by atoms with Gasteiger partial charge in [-0.25, -0.2) is 4.79 Å². The number of quaternary nitrogens is 1. The Morgan fingerprint density at radius 3 is 1.06 bits per heavy atom. The number of allylic oxidation sites excluding steroid dienone is 18. The molecule has 0 rings (SSSR count). The number of hydrogen-bond donors (Lipinski definition) is 1. The number of carbonyl (C=O) groups is 3. The summed E-state index contributed by atoms with van der Waals surface area (Å²) in [4.78, 5) is 37.3. The average Bonchev–Trinajstić information content (AvgIpc) is 3.42. The van der Waals surface area contributed by atoms with Crippen LogP contribution in [0.2, 0.25) is 0 Å². The highest BCUT2D eigenvalue weighted by atomic mass is 16.7. The van der Waals surface area contributed by atoms with Crippen LogP contribution in [0.4, 0.5) is 0 Å². The molecule has 0 aliphatic heterocycles. The lowest BCUT2D eigenvalue weighted by atomic mass is 10.0. The summed E-state index contributed by atoms with van der Waals surface area (Å²) in [5.74, 6) is -2.11. The fraction of sp³-hybridized carbons (Fsp3) is 0.700. The molecule has 0 radical (unpaired) electrons. The van der Waals surface area contributed by atoms with Crippen LogP contribution >= 0.6 is 0 Å².